The van der Waals surface area contributed by atoms with Crippen LogP contribution in [0, 0.1) is 5.82 Å². The number of nitrogens with zero attached hydrogens (tertiary/aromatic N) is 1. The monoisotopic (exact) mass is 240 g/mol. The van der Waals surface area contributed by atoms with Gasteiger partial charge in [0, 0.05) is 19.2 Å². The first kappa shape index (κ1) is 11.7. The Bertz CT molecular complexity index is 464. The molecule has 1 aliphatic rings. The van der Waals surface area contributed by atoms with Gasteiger partial charge in [-0.1, -0.05) is 0 Å². The Morgan fingerprint density at radius 1 is 1.53 bits per heavy atom. The summed E-state index contributed by atoms with van der Waals surface area (Å²) in [7, 11) is 0. The summed E-state index contributed by atoms with van der Waals surface area (Å²) >= 11 is 0. The van der Waals surface area contributed by atoms with Gasteiger partial charge >= 0.3 is 5.97 Å². The minimum Gasteiger partial charge on any atom is -0.478 e. The number of anilines is 2. The number of aliphatic hydroxyl groups excluding tert-OH is 1. The summed E-state index contributed by atoms with van der Waals surface area (Å²) < 4.78 is 13.5. The Morgan fingerprint density at radius 2 is 2.24 bits per heavy atom. The van der Waals surface area contributed by atoms with E-state index in [4.69, 9.17) is 10.8 Å². The number of benzene rings is 1. The van der Waals surface area contributed by atoms with Gasteiger partial charge in [0.2, 0.25) is 0 Å². The van der Waals surface area contributed by atoms with Crippen molar-refractivity contribution in [2.45, 2.75) is 12.5 Å². The van der Waals surface area contributed by atoms with Crippen molar-refractivity contribution in [1.82, 2.24) is 0 Å². The lowest BCUT2D eigenvalue weighted by Crippen LogP contribution is -2.22. The molecule has 1 aliphatic heterocycles. The minimum absolute atomic E-state index is 0.206. The smallest absolute Gasteiger partial charge is 0.338 e. The van der Waals surface area contributed by atoms with E-state index in [2.05, 4.69) is 0 Å². The first-order chi connectivity index (χ1) is 7.99. The highest BCUT2D eigenvalue weighted by Crippen LogP contribution is 2.29. The molecule has 1 saturated heterocycles. The summed E-state index contributed by atoms with van der Waals surface area (Å²) in [5, 5.41) is 18.1. The molecular weight excluding hydrogens is 227 g/mol. The van der Waals surface area contributed by atoms with E-state index in [1.807, 2.05) is 0 Å². The Balaban J connectivity index is 2.36. The second-order valence-corrected chi connectivity index (χ2v) is 4.08. The van der Waals surface area contributed by atoms with Crippen LogP contribution in [0.3, 0.4) is 0 Å². The van der Waals surface area contributed by atoms with E-state index in [1.165, 1.54) is 0 Å². The number of halogens is 1. The number of carboxylic acid groups (broad SMARTS) is 1. The molecule has 92 valence electrons. The van der Waals surface area contributed by atoms with E-state index in [0.717, 1.165) is 12.1 Å². The zero-order valence-corrected chi connectivity index (χ0v) is 9.06. The van der Waals surface area contributed by atoms with E-state index >= 15 is 0 Å². The van der Waals surface area contributed by atoms with Crippen LogP contribution in [0.5, 0.6) is 0 Å². The molecular formula is C11H13FN2O3. The van der Waals surface area contributed by atoms with Crippen LogP contribution in [0.15, 0.2) is 12.1 Å². The molecule has 1 unspecified atom stereocenters. The average molecular weight is 240 g/mol. The van der Waals surface area contributed by atoms with Crippen LogP contribution in [0.1, 0.15) is 16.8 Å². The van der Waals surface area contributed by atoms with Gasteiger partial charge in [0.25, 0.3) is 0 Å². The molecule has 0 aliphatic carbocycles. The van der Waals surface area contributed by atoms with Gasteiger partial charge in [-0.25, -0.2) is 9.18 Å². The highest BCUT2D eigenvalue weighted by molar-refractivity contribution is 5.91. The lowest BCUT2D eigenvalue weighted by atomic mass is 10.1. The quantitative estimate of drug-likeness (QED) is 0.662. The number of carbonyl (C=O) groups is 1. The van der Waals surface area contributed by atoms with Crippen LogP contribution in [-0.2, 0) is 0 Å². The van der Waals surface area contributed by atoms with Gasteiger partial charge in [-0.2, -0.15) is 0 Å². The maximum atomic E-state index is 13.5. The Labute approximate surface area is 97.3 Å². The molecule has 0 spiro atoms. The van der Waals surface area contributed by atoms with Crippen LogP contribution in [0.4, 0.5) is 15.8 Å². The topological polar surface area (TPSA) is 86.8 Å². The Hall–Kier alpha value is -1.82. The number of aromatic carboxylic acids is 1. The van der Waals surface area contributed by atoms with E-state index in [0.29, 0.717) is 25.2 Å². The predicted octanol–water partition coefficient (Wildman–Crippen LogP) is 0.677. The first-order valence-electron chi connectivity index (χ1n) is 5.24. The van der Waals surface area contributed by atoms with E-state index in [1.54, 1.807) is 4.90 Å². The lowest BCUT2D eigenvalue weighted by molar-refractivity contribution is 0.0692. The van der Waals surface area contributed by atoms with Crippen molar-refractivity contribution in [1.29, 1.82) is 0 Å². The molecule has 17 heavy (non-hydrogen) atoms. The predicted molar refractivity (Wildman–Crippen MR) is 60.6 cm³/mol. The molecule has 0 amide bonds. The fourth-order valence-electron chi connectivity index (χ4n) is 1.98. The molecule has 0 saturated carbocycles. The second-order valence-electron chi connectivity index (χ2n) is 4.08. The Kier molecular flexibility index (Phi) is 2.89. The Morgan fingerprint density at radius 3 is 2.76 bits per heavy atom. The standard InChI is InChI=1S/C11H13FN2O3/c12-8-4-10(14-2-1-6(15)5-14)9(13)3-7(8)11(16)17/h3-4,6,15H,1-2,5,13H2,(H,16,17). The van der Waals surface area contributed by atoms with Crippen molar-refractivity contribution in [3.63, 3.8) is 0 Å². The minimum atomic E-state index is -1.35. The van der Waals surface area contributed by atoms with Crippen molar-refractivity contribution in [3.8, 4) is 0 Å². The zero-order valence-electron chi connectivity index (χ0n) is 9.06. The maximum Gasteiger partial charge on any atom is 0.338 e. The highest BCUT2D eigenvalue weighted by atomic mass is 19.1. The summed E-state index contributed by atoms with van der Waals surface area (Å²) in [4.78, 5) is 12.5. The van der Waals surface area contributed by atoms with Crippen molar-refractivity contribution in [2.75, 3.05) is 23.7 Å². The average Bonchev–Trinajstić information content (AvgIpc) is 2.67. The van der Waals surface area contributed by atoms with Gasteiger partial charge in [0.05, 0.1) is 23.0 Å². The SMILES string of the molecule is Nc1cc(C(=O)O)c(F)cc1N1CCC(O)C1. The molecule has 1 heterocycles. The van der Waals surface area contributed by atoms with Crippen molar-refractivity contribution in [3.05, 3.63) is 23.5 Å². The van der Waals surface area contributed by atoms with Gasteiger partial charge in [0.15, 0.2) is 0 Å². The third-order valence-electron chi connectivity index (χ3n) is 2.85. The van der Waals surface area contributed by atoms with Gasteiger partial charge in [0.1, 0.15) is 5.82 Å². The summed E-state index contributed by atoms with van der Waals surface area (Å²) in [5.41, 5.74) is 5.90. The number of nitrogen functional groups attached to an aromatic ring is 1. The molecule has 0 radical (unpaired) electrons. The lowest BCUT2D eigenvalue weighted by Gasteiger charge is -2.20. The molecule has 5 nitrogen and oxygen atoms in total. The molecule has 2 rings (SSSR count). The number of hydrogen-bond donors (Lipinski definition) is 3. The number of nitrogens with two attached hydrogens (primary N) is 1. The number of carboxylic acids is 1. The van der Waals surface area contributed by atoms with E-state index in [-0.39, 0.29) is 5.69 Å². The largest absolute Gasteiger partial charge is 0.478 e. The normalized spacial score (nSPS) is 19.6. The van der Waals surface area contributed by atoms with Gasteiger partial charge in [-0.15, -0.1) is 0 Å². The molecule has 1 atom stereocenters. The third-order valence-corrected chi connectivity index (χ3v) is 2.85. The molecule has 0 bridgehead atoms. The van der Waals surface area contributed by atoms with Crippen LogP contribution in [-0.4, -0.2) is 35.4 Å². The number of hydrogen-bond acceptors (Lipinski definition) is 4. The van der Waals surface area contributed by atoms with Crippen LogP contribution >= 0.6 is 0 Å². The molecule has 4 N–H and O–H groups in total. The van der Waals surface area contributed by atoms with Crippen molar-refractivity contribution >= 4 is 17.3 Å². The summed E-state index contributed by atoms with van der Waals surface area (Å²) in [6.07, 6.45) is 0.151. The van der Waals surface area contributed by atoms with E-state index in [9.17, 15) is 14.3 Å². The zero-order chi connectivity index (χ0) is 12.6. The number of rotatable bonds is 2. The molecule has 0 aromatic heterocycles. The molecule has 1 fully saturated rings. The summed E-state index contributed by atoms with van der Waals surface area (Å²) in [6, 6.07) is 2.22. The fourth-order valence-corrected chi connectivity index (χ4v) is 1.98. The molecule has 6 heteroatoms. The van der Waals surface area contributed by atoms with Gasteiger partial charge in [-0.3, -0.25) is 0 Å². The van der Waals surface area contributed by atoms with Crippen LogP contribution < -0.4 is 10.6 Å². The third kappa shape index (κ3) is 2.16. The van der Waals surface area contributed by atoms with Crippen LogP contribution in [0.2, 0.25) is 0 Å². The molecule has 1 aromatic carbocycles. The number of aliphatic hydroxyl groups is 1. The van der Waals surface area contributed by atoms with Crippen molar-refractivity contribution < 1.29 is 19.4 Å². The van der Waals surface area contributed by atoms with Gasteiger partial charge < -0.3 is 20.8 Å². The summed E-state index contributed by atoms with van der Waals surface area (Å²) in [5.74, 6) is -2.16. The van der Waals surface area contributed by atoms with E-state index < -0.39 is 23.5 Å². The molecule has 1 aromatic rings. The first-order valence-corrected chi connectivity index (χ1v) is 5.24. The number of β-amino-alcohol motifs (C(OH)–C–C–N with tert-alkyl or cyclic N) is 1. The van der Waals surface area contributed by atoms with Crippen LogP contribution in [0.25, 0.3) is 0 Å². The highest BCUT2D eigenvalue weighted by Gasteiger charge is 2.24. The maximum absolute atomic E-state index is 13.5. The fraction of sp³-hybridized carbons (Fsp3) is 0.364. The van der Waals surface area contributed by atoms with Gasteiger partial charge in [-0.05, 0) is 12.5 Å². The second kappa shape index (κ2) is 4.21. The van der Waals surface area contributed by atoms with Crippen molar-refractivity contribution in [2.24, 2.45) is 0 Å². The summed E-state index contributed by atoms with van der Waals surface area (Å²) in [6.45, 7) is 0.966.